The Balaban J connectivity index is 1.06. The molecule has 3 heterocycles. The molecule has 0 unspecified atom stereocenters. The van der Waals surface area contributed by atoms with Crippen LogP contribution in [0.5, 0.6) is 0 Å². The van der Waals surface area contributed by atoms with E-state index < -0.39 is 0 Å². The van der Waals surface area contributed by atoms with Crippen LogP contribution in [0.25, 0.3) is 109 Å². The summed E-state index contributed by atoms with van der Waals surface area (Å²) in [6.07, 6.45) is 0. The van der Waals surface area contributed by atoms with E-state index in [-0.39, 0.29) is 0 Å². The number of benzene rings is 9. The summed E-state index contributed by atoms with van der Waals surface area (Å²) < 4.78 is 7.56. The highest BCUT2D eigenvalue weighted by molar-refractivity contribution is 7.26. The van der Waals surface area contributed by atoms with Gasteiger partial charge in [0.1, 0.15) is 0 Å². The first-order chi connectivity index (χ1) is 28.3. The monoisotopic (exact) mass is 742 g/mol. The Kier molecular flexibility index (Phi) is 7.13. The molecule has 0 aliphatic carbocycles. The molecule has 0 aliphatic rings. The average molecular weight is 743 g/mol. The van der Waals surface area contributed by atoms with E-state index in [4.69, 9.17) is 0 Å². The van der Waals surface area contributed by atoms with Gasteiger partial charge in [0.15, 0.2) is 0 Å². The Bertz CT molecular complexity index is 3490. The fraction of sp³-hybridized carbons (Fsp3) is 0. The standard InChI is InChI=1S/C54H34N2S/c1-3-13-35(14-4-1)37-15-11-16-38(31-37)39-27-30-44-48-33-47-43-19-7-9-23-49(43)55(51(47)34-52(48)56(50(44)32-39)40-17-5-2-6-18-40)41-28-25-36(26-29-41)42-21-12-22-46-45-20-8-10-24-53(45)57-54(42)46/h1-34H. The zero-order valence-corrected chi connectivity index (χ0v) is 31.7. The zero-order chi connectivity index (χ0) is 37.5. The van der Waals surface area contributed by atoms with Crippen molar-refractivity contribution in [2.45, 2.75) is 0 Å². The van der Waals surface area contributed by atoms with Crippen LogP contribution in [0, 0.1) is 0 Å². The largest absolute Gasteiger partial charge is 0.309 e. The minimum absolute atomic E-state index is 1.15. The van der Waals surface area contributed by atoms with Gasteiger partial charge in [-0.05, 0) is 94.0 Å². The molecule has 9 aromatic carbocycles. The average Bonchev–Trinajstić information content (AvgIpc) is 3.93. The predicted octanol–water partition coefficient (Wildman–Crippen LogP) is 15.2. The maximum absolute atomic E-state index is 2.45. The number of nitrogens with zero attached hydrogens (tertiary/aromatic N) is 2. The Morgan fingerprint density at radius 2 is 0.825 bits per heavy atom. The molecule has 266 valence electrons. The van der Waals surface area contributed by atoms with Crippen LogP contribution in [0.3, 0.4) is 0 Å². The minimum atomic E-state index is 1.15. The van der Waals surface area contributed by atoms with Crippen LogP contribution >= 0.6 is 11.3 Å². The molecule has 0 bridgehead atoms. The number of fused-ring (bicyclic) bond motifs is 9. The number of aromatic nitrogens is 2. The number of para-hydroxylation sites is 2. The summed E-state index contributed by atoms with van der Waals surface area (Å²) in [4.78, 5) is 0. The molecule has 0 N–H and O–H groups in total. The Morgan fingerprint density at radius 1 is 0.281 bits per heavy atom. The number of thiophene rings is 1. The number of hydrogen-bond acceptors (Lipinski definition) is 1. The van der Waals surface area contributed by atoms with E-state index in [1.165, 1.54) is 97.2 Å². The van der Waals surface area contributed by atoms with Gasteiger partial charge in [0.25, 0.3) is 0 Å². The van der Waals surface area contributed by atoms with Crippen molar-refractivity contribution in [2.75, 3.05) is 0 Å². The lowest BCUT2D eigenvalue weighted by Gasteiger charge is -2.11. The molecule has 3 heteroatoms. The molecule has 57 heavy (non-hydrogen) atoms. The topological polar surface area (TPSA) is 9.86 Å². The molecular weight excluding hydrogens is 709 g/mol. The van der Waals surface area contributed by atoms with Crippen molar-refractivity contribution in [3.05, 3.63) is 206 Å². The van der Waals surface area contributed by atoms with Crippen molar-refractivity contribution in [2.24, 2.45) is 0 Å². The van der Waals surface area contributed by atoms with Crippen LogP contribution < -0.4 is 0 Å². The lowest BCUT2D eigenvalue weighted by Crippen LogP contribution is -1.96. The van der Waals surface area contributed by atoms with Gasteiger partial charge in [-0.2, -0.15) is 0 Å². The number of hydrogen-bond donors (Lipinski definition) is 0. The third-order valence-corrected chi connectivity index (χ3v) is 12.9. The van der Waals surface area contributed by atoms with Gasteiger partial charge in [0.2, 0.25) is 0 Å². The fourth-order valence-electron chi connectivity index (χ4n) is 9.07. The van der Waals surface area contributed by atoms with Gasteiger partial charge >= 0.3 is 0 Å². The normalized spacial score (nSPS) is 11.9. The highest BCUT2D eigenvalue weighted by atomic mass is 32.1. The first-order valence-corrected chi connectivity index (χ1v) is 20.3. The lowest BCUT2D eigenvalue weighted by atomic mass is 9.98. The molecule has 2 nitrogen and oxygen atoms in total. The van der Waals surface area contributed by atoms with E-state index in [9.17, 15) is 0 Å². The van der Waals surface area contributed by atoms with Gasteiger partial charge in [-0.1, -0.05) is 146 Å². The van der Waals surface area contributed by atoms with Gasteiger partial charge in [-0.15, -0.1) is 11.3 Å². The van der Waals surface area contributed by atoms with Gasteiger partial charge in [0.05, 0.1) is 22.1 Å². The summed E-state index contributed by atoms with van der Waals surface area (Å²) in [6.45, 7) is 0. The van der Waals surface area contributed by atoms with E-state index in [1.54, 1.807) is 0 Å². The molecule has 0 saturated heterocycles. The Morgan fingerprint density at radius 3 is 1.63 bits per heavy atom. The molecule has 0 radical (unpaired) electrons. The van der Waals surface area contributed by atoms with Gasteiger partial charge in [-0.25, -0.2) is 0 Å². The molecular formula is C54H34N2S. The van der Waals surface area contributed by atoms with Gasteiger partial charge in [-0.3, -0.25) is 0 Å². The number of rotatable bonds is 5. The van der Waals surface area contributed by atoms with Gasteiger partial charge in [0, 0.05) is 53.1 Å². The molecule has 12 rings (SSSR count). The van der Waals surface area contributed by atoms with Crippen LogP contribution in [0.2, 0.25) is 0 Å². The minimum Gasteiger partial charge on any atom is -0.309 e. The SMILES string of the molecule is c1ccc(-c2cccc(-c3ccc4c5cc6c7ccccc7n(-c7ccc(-c8cccc9c8sc8ccccc89)cc7)c6cc5n(-c5ccccc5)c4c3)c2)cc1. The van der Waals surface area contributed by atoms with E-state index in [0.717, 1.165) is 11.4 Å². The van der Waals surface area contributed by atoms with E-state index in [2.05, 4.69) is 215 Å². The van der Waals surface area contributed by atoms with Crippen molar-refractivity contribution in [1.82, 2.24) is 9.13 Å². The maximum atomic E-state index is 2.45. The molecule has 0 fully saturated rings. The van der Waals surface area contributed by atoms with Crippen LogP contribution in [-0.2, 0) is 0 Å². The second-order valence-corrected chi connectivity index (χ2v) is 16.0. The van der Waals surface area contributed by atoms with E-state index >= 15 is 0 Å². The molecule has 3 aromatic heterocycles. The Hall–Kier alpha value is -7.20. The third kappa shape index (κ3) is 5.03. The van der Waals surface area contributed by atoms with Crippen molar-refractivity contribution in [1.29, 1.82) is 0 Å². The smallest absolute Gasteiger partial charge is 0.0562 e. The molecule has 12 aromatic rings. The summed E-state index contributed by atoms with van der Waals surface area (Å²) in [5.41, 5.74) is 14.4. The van der Waals surface area contributed by atoms with Crippen molar-refractivity contribution < 1.29 is 0 Å². The zero-order valence-electron chi connectivity index (χ0n) is 30.9. The van der Waals surface area contributed by atoms with E-state index in [1.807, 2.05) is 11.3 Å². The van der Waals surface area contributed by atoms with Crippen molar-refractivity contribution >= 4 is 75.1 Å². The second kappa shape index (κ2) is 12.7. The fourth-order valence-corrected chi connectivity index (χ4v) is 10.3. The third-order valence-electron chi connectivity index (χ3n) is 11.7. The molecule has 0 atom stereocenters. The molecule has 0 spiro atoms. The lowest BCUT2D eigenvalue weighted by molar-refractivity contribution is 1.16. The van der Waals surface area contributed by atoms with Crippen LogP contribution in [0.15, 0.2) is 206 Å². The van der Waals surface area contributed by atoms with Crippen LogP contribution in [0.4, 0.5) is 0 Å². The predicted molar refractivity (Wildman–Crippen MR) is 244 cm³/mol. The first-order valence-electron chi connectivity index (χ1n) is 19.5. The van der Waals surface area contributed by atoms with Gasteiger partial charge < -0.3 is 9.13 Å². The molecule has 0 amide bonds. The second-order valence-electron chi connectivity index (χ2n) is 14.9. The summed E-state index contributed by atoms with van der Waals surface area (Å²) in [5.74, 6) is 0. The Labute approximate surface area is 333 Å². The quantitative estimate of drug-likeness (QED) is 0.166. The summed E-state index contributed by atoms with van der Waals surface area (Å²) in [5, 5.41) is 7.66. The molecule has 0 aliphatic heterocycles. The highest BCUT2D eigenvalue weighted by Gasteiger charge is 2.19. The highest BCUT2D eigenvalue weighted by Crippen LogP contribution is 2.43. The summed E-state index contributed by atoms with van der Waals surface area (Å²) in [6, 6.07) is 75.6. The van der Waals surface area contributed by atoms with Crippen molar-refractivity contribution in [3.8, 4) is 44.8 Å². The molecule has 0 saturated carbocycles. The maximum Gasteiger partial charge on any atom is 0.0562 e. The van der Waals surface area contributed by atoms with Crippen LogP contribution in [-0.4, -0.2) is 9.13 Å². The first kappa shape index (κ1) is 32.1. The van der Waals surface area contributed by atoms with Crippen molar-refractivity contribution in [3.63, 3.8) is 0 Å². The van der Waals surface area contributed by atoms with Crippen LogP contribution in [0.1, 0.15) is 0 Å². The summed E-state index contributed by atoms with van der Waals surface area (Å²) >= 11 is 1.88. The summed E-state index contributed by atoms with van der Waals surface area (Å²) in [7, 11) is 0. The van der Waals surface area contributed by atoms with E-state index in [0.29, 0.717) is 0 Å².